The second kappa shape index (κ2) is 9.25. The number of ether oxygens (including phenoxy) is 2. The zero-order valence-electron chi connectivity index (χ0n) is 16.6. The lowest BCUT2D eigenvalue weighted by Gasteiger charge is -2.12. The quantitative estimate of drug-likeness (QED) is 0.395. The van der Waals surface area contributed by atoms with Crippen molar-refractivity contribution in [1.82, 2.24) is 9.97 Å². The van der Waals surface area contributed by atoms with Gasteiger partial charge in [0.25, 0.3) is 5.56 Å². The van der Waals surface area contributed by atoms with Gasteiger partial charge in [-0.3, -0.25) is 4.79 Å². The first-order valence-electron chi connectivity index (χ1n) is 9.45. The van der Waals surface area contributed by atoms with Crippen LogP contribution in [-0.2, 0) is 6.61 Å². The fourth-order valence-electron chi connectivity index (χ4n) is 3.07. The first kappa shape index (κ1) is 21.0. The Hall–Kier alpha value is -3.28. The van der Waals surface area contributed by atoms with Crippen LogP contribution in [0.2, 0.25) is 5.02 Å². The van der Waals surface area contributed by atoms with Gasteiger partial charge in [-0.05, 0) is 47.5 Å². The summed E-state index contributed by atoms with van der Waals surface area (Å²) in [5, 5.41) is 1.21. The third-order valence-electron chi connectivity index (χ3n) is 4.61. The Bertz CT molecular complexity index is 1320. The molecule has 4 rings (SSSR count). The summed E-state index contributed by atoms with van der Waals surface area (Å²) in [6.45, 7) is 0.401. The van der Waals surface area contributed by atoms with E-state index in [2.05, 4.69) is 9.97 Å². The smallest absolute Gasteiger partial charge is 0.259 e. The molecule has 0 fully saturated rings. The number of hydrogen-bond acceptors (Lipinski definition) is 4. The largest absolute Gasteiger partial charge is 0.493 e. The number of fused-ring (bicyclic) bond motifs is 1. The summed E-state index contributed by atoms with van der Waals surface area (Å²) in [7, 11) is 1.59. The van der Waals surface area contributed by atoms with Crippen LogP contribution in [0, 0.1) is 0 Å². The van der Waals surface area contributed by atoms with E-state index in [9.17, 15) is 4.79 Å². The minimum absolute atomic E-state index is 0.254. The molecule has 0 aliphatic rings. The molecule has 0 radical (unpaired) electrons. The van der Waals surface area contributed by atoms with Crippen molar-refractivity contribution in [1.29, 1.82) is 0 Å². The van der Waals surface area contributed by atoms with Crippen LogP contribution in [0.4, 0.5) is 0 Å². The Morgan fingerprint density at radius 2 is 1.87 bits per heavy atom. The normalized spacial score (nSPS) is 11.5. The Labute approximate surface area is 188 Å². The minimum atomic E-state index is -0.287. The van der Waals surface area contributed by atoms with Crippen LogP contribution in [0.3, 0.4) is 0 Å². The molecule has 7 heteroatoms. The van der Waals surface area contributed by atoms with Gasteiger partial charge >= 0.3 is 0 Å². The number of H-pyrrole nitrogens is 1. The summed E-state index contributed by atoms with van der Waals surface area (Å²) < 4.78 is 11.3. The topological polar surface area (TPSA) is 64.2 Å². The Morgan fingerprint density at radius 3 is 2.65 bits per heavy atom. The second-order valence-corrected chi connectivity index (χ2v) is 7.60. The highest BCUT2D eigenvalue weighted by molar-refractivity contribution is 6.50. The maximum atomic E-state index is 12.4. The molecule has 0 aliphatic carbocycles. The lowest BCUT2D eigenvalue weighted by Crippen LogP contribution is -2.10. The van der Waals surface area contributed by atoms with Gasteiger partial charge in [0.2, 0.25) is 0 Å². The number of methoxy groups -OCH3 is 1. The van der Waals surface area contributed by atoms with Gasteiger partial charge in [0, 0.05) is 5.02 Å². The van der Waals surface area contributed by atoms with Gasteiger partial charge in [0.1, 0.15) is 6.61 Å². The first-order valence-corrected chi connectivity index (χ1v) is 10.2. The molecule has 31 heavy (non-hydrogen) atoms. The highest BCUT2D eigenvalue weighted by Crippen LogP contribution is 2.31. The number of halogens is 2. The highest BCUT2D eigenvalue weighted by Gasteiger charge is 2.10. The summed E-state index contributed by atoms with van der Waals surface area (Å²) in [5.74, 6) is 1.44. The van der Waals surface area contributed by atoms with Gasteiger partial charge in [-0.15, -0.1) is 0 Å². The molecule has 1 heterocycles. The van der Waals surface area contributed by atoms with Crippen molar-refractivity contribution >= 4 is 45.2 Å². The maximum Gasteiger partial charge on any atom is 0.259 e. The van der Waals surface area contributed by atoms with E-state index in [4.69, 9.17) is 32.7 Å². The molecule has 0 atom stereocenters. The molecule has 0 amide bonds. The van der Waals surface area contributed by atoms with Gasteiger partial charge in [-0.2, -0.15) is 0 Å². The standard InChI is InChI=1S/C24H18Cl2N2O3/c1-30-21-10-7-16(12-22(21)31-14-15-5-3-2-4-6-15)11-19(26)23-27-20-13-17(25)8-9-18(20)24(29)28-23/h2-13H,14H2,1H3,(H,27,28,29)/b19-11-. The van der Waals surface area contributed by atoms with Crippen LogP contribution in [0.15, 0.2) is 71.5 Å². The van der Waals surface area contributed by atoms with Crippen molar-refractivity contribution in [3.8, 4) is 11.5 Å². The predicted molar refractivity (Wildman–Crippen MR) is 125 cm³/mol. The molecule has 3 aromatic carbocycles. The third kappa shape index (κ3) is 4.90. The Kier molecular flexibility index (Phi) is 6.26. The maximum absolute atomic E-state index is 12.4. The first-order chi connectivity index (χ1) is 15.0. The number of aromatic amines is 1. The van der Waals surface area contributed by atoms with Crippen molar-refractivity contribution in [2.75, 3.05) is 7.11 Å². The summed E-state index contributed by atoms with van der Waals surface area (Å²) in [6, 6.07) is 20.2. The molecule has 0 spiro atoms. The molecule has 5 nitrogen and oxygen atoms in total. The van der Waals surface area contributed by atoms with Crippen LogP contribution in [0.1, 0.15) is 17.0 Å². The molecular formula is C24H18Cl2N2O3. The SMILES string of the molecule is COc1ccc(/C=C(\Cl)c2nc3cc(Cl)ccc3c(=O)[nH]2)cc1OCc1ccccc1. The van der Waals surface area contributed by atoms with E-state index >= 15 is 0 Å². The summed E-state index contributed by atoms with van der Waals surface area (Å²) in [5.41, 5.74) is 1.99. The van der Waals surface area contributed by atoms with E-state index in [1.54, 1.807) is 37.5 Å². The fourth-order valence-corrected chi connectivity index (χ4v) is 3.45. The average Bonchev–Trinajstić information content (AvgIpc) is 2.78. The number of rotatable bonds is 6. The van der Waals surface area contributed by atoms with Crippen molar-refractivity contribution in [2.45, 2.75) is 6.61 Å². The van der Waals surface area contributed by atoms with Gasteiger partial charge in [-0.25, -0.2) is 4.98 Å². The monoisotopic (exact) mass is 452 g/mol. The second-order valence-electron chi connectivity index (χ2n) is 6.75. The van der Waals surface area contributed by atoms with E-state index in [-0.39, 0.29) is 16.4 Å². The predicted octanol–water partition coefficient (Wildman–Crippen LogP) is 5.90. The van der Waals surface area contributed by atoms with E-state index in [1.807, 2.05) is 42.5 Å². The minimum Gasteiger partial charge on any atom is -0.493 e. The number of nitrogens with one attached hydrogen (secondary N) is 1. The van der Waals surface area contributed by atoms with E-state index in [1.165, 1.54) is 0 Å². The van der Waals surface area contributed by atoms with Crippen molar-refractivity contribution < 1.29 is 9.47 Å². The molecule has 1 N–H and O–H groups in total. The van der Waals surface area contributed by atoms with Crippen LogP contribution in [-0.4, -0.2) is 17.1 Å². The van der Waals surface area contributed by atoms with Gasteiger partial charge in [-0.1, -0.05) is 59.6 Å². The van der Waals surface area contributed by atoms with Crippen LogP contribution >= 0.6 is 23.2 Å². The van der Waals surface area contributed by atoms with Crippen LogP contribution < -0.4 is 15.0 Å². The molecule has 0 unspecified atom stereocenters. The van der Waals surface area contributed by atoms with Crippen LogP contribution in [0.5, 0.6) is 11.5 Å². The van der Waals surface area contributed by atoms with Gasteiger partial charge in [0.15, 0.2) is 17.3 Å². The van der Waals surface area contributed by atoms with Crippen molar-refractivity contribution in [3.63, 3.8) is 0 Å². The summed E-state index contributed by atoms with van der Waals surface area (Å²) in [6.07, 6.45) is 1.70. The van der Waals surface area contributed by atoms with Gasteiger partial charge in [0.05, 0.1) is 23.0 Å². The molecule has 0 saturated carbocycles. The van der Waals surface area contributed by atoms with E-state index in [0.717, 1.165) is 11.1 Å². The van der Waals surface area contributed by atoms with Gasteiger partial charge < -0.3 is 14.5 Å². The lowest BCUT2D eigenvalue weighted by molar-refractivity contribution is 0.284. The molecule has 1 aromatic heterocycles. The lowest BCUT2D eigenvalue weighted by atomic mass is 10.1. The average molecular weight is 453 g/mol. The number of hydrogen-bond donors (Lipinski definition) is 1. The molecular weight excluding hydrogens is 435 g/mol. The Balaban J connectivity index is 1.64. The van der Waals surface area contributed by atoms with Crippen molar-refractivity contribution in [2.24, 2.45) is 0 Å². The zero-order chi connectivity index (χ0) is 21.8. The van der Waals surface area contributed by atoms with Crippen LogP contribution in [0.25, 0.3) is 22.0 Å². The van der Waals surface area contributed by atoms with Crippen molar-refractivity contribution in [3.05, 3.63) is 99.1 Å². The number of benzene rings is 3. The zero-order valence-corrected chi connectivity index (χ0v) is 18.1. The van der Waals surface area contributed by atoms with E-state index < -0.39 is 0 Å². The summed E-state index contributed by atoms with van der Waals surface area (Å²) >= 11 is 12.5. The summed E-state index contributed by atoms with van der Waals surface area (Å²) in [4.78, 5) is 19.5. The number of nitrogens with zero attached hydrogens (tertiary/aromatic N) is 1. The molecule has 156 valence electrons. The molecule has 4 aromatic rings. The fraction of sp³-hybridized carbons (Fsp3) is 0.0833. The van der Waals surface area contributed by atoms with E-state index in [0.29, 0.717) is 34.0 Å². The molecule has 0 bridgehead atoms. The third-order valence-corrected chi connectivity index (χ3v) is 5.14. The molecule has 0 saturated heterocycles. The number of aromatic nitrogens is 2. The molecule has 0 aliphatic heterocycles. The Morgan fingerprint density at radius 1 is 1.06 bits per heavy atom. The highest BCUT2D eigenvalue weighted by atomic mass is 35.5.